The molecule has 3 aliphatic rings. The number of nitrogens with one attached hydrogen (secondary N) is 1. The minimum Gasteiger partial charge on any atom is -0.384 e. The zero-order valence-corrected chi connectivity index (χ0v) is 23.3. The van der Waals surface area contributed by atoms with Crippen LogP contribution in [0.25, 0.3) is 0 Å². The Bertz CT molecular complexity index is 1330. The summed E-state index contributed by atoms with van der Waals surface area (Å²) in [4.78, 5) is 27.8. The molecule has 2 heterocycles. The van der Waals surface area contributed by atoms with Gasteiger partial charge in [-0.25, -0.2) is 0 Å². The van der Waals surface area contributed by atoms with E-state index in [1.807, 2.05) is 30.3 Å². The molecular weight excluding hydrogens is 516 g/mol. The van der Waals surface area contributed by atoms with Crippen molar-refractivity contribution in [3.05, 3.63) is 58.6 Å². The summed E-state index contributed by atoms with van der Waals surface area (Å²) in [5, 5.41) is 22.5. The molecule has 10 heteroatoms. The summed E-state index contributed by atoms with van der Waals surface area (Å²) in [7, 11) is 0. The molecule has 0 saturated heterocycles. The van der Waals surface area contributed by atoms with Crippen molar-refractivity contribution < 1.29 is 9.59 Å². The predicted octanol–water partition coefficient (Wildman–Crippen LogP) is 5.02. The van der Waals surface area contributed by atoms with Crippen molar-refractivity contribution in [2.75, 3.05) is 10.7 Å². The number of nitrogens with zero attached hydrogens (tertiary/aromatic N) is 4. The van der Waals surface area contributed by atoms with Gasteiger partial charge in [0, 0.05) is 23.7 Å². The van der Waals surface area contributed by atoms with Crippen molar-refractivity contribution in [3.8, 4) is 6.07 Å². The number of amides is 1. The van der Waals surface area contributed by atoms with Gasteiger partial charge in [0.15, 0.2) is 10.1 Å². The molecule has 1 aliphatic heterocycles. The molecule has 1 atom stereocenters. The maximum absolute atomic E-state index is 13.6. The summed E-state index contributed by atoms with van der Waals surface area (Å²) in [6.45, 7) is 4.13. The number of hydrogen-bond acceptors (Lipinski definition) is 9. The van der Waals surface area contributed by atoms with Gasteiger partial charge in [-0.3, -0.25) is 14.5 Å². The molecule has 0 bridgehead atoms. The van der Waals surface area contributed by atoms with E-state index in [-0.39, 0.29) is 34.7 Å². The number of Topliss-reactive ketones (excluding diaryl/α,β-unsaturated/α-hetero) is 1. The molecule has 38 heavy (non-hydrogen) atoms. The molecule has 1 fully saturated rings. The Morgan fingerprint density at radius 1 is 1.21 bits per heavy atom. The molecule has 2 aliphatic carbocycles. The smallest absolute Gasteiger partial charge is 0.230 e. The van der Waals surface area contributed by atoms with E-state index in [1.165, 1.54) is 29.5 Å². The highest BCUT2D eigenvalue weighted by Gasteiger charge is 2.45. The van der Waals surface area contributed by atoms with Crippen LogP contribution in [0, 0.1) is 16.7 Å². The summed E-state index contributed by atoms with van der Waals surface area (Å²) in [6, 6.07) is 12.1. The largest absolute Gasteiger partial charge is 0.384 e. The monoisotopic (exact) mass is 548 g/mol. The fraction of sp³-hybridized carbons (Fsp3) is 0.464. The van der Waals surface area contributed by atoms with E-state index in [9.17, 15) is 14.9 Å². The second-order valence-corrected chi connectivity index (χ2v) is 13.1. The van der Waals surface area contributed by atoms with E-state index < -0.39 is 5.92 Å². The standard InChI is InChI=1S/C28H32N6O2S2/c1-28(2)13-20-24(21(35)14-28)23(17-9-5-3-6-10-17)19(15-29)25(30)34(20)26-32-33-27(38-26)37-16-22(36)31-18-11-7-4-8-12-18/h3,5-6,9-10,18,23H,4,7-8,11-14,16,30H2,1-2H3,(H,31,36). The first kappa shape index (κ1) is 26.4. The van der Waals surface area contributed by atoms with E-state index in [1.54, 1.807) is 4.90 Å². The maximum atomic E-state index is 13.6. The van der Waals surface area contributed by atoms with E-state index in [0.29, 0.717) is 33.5 Å². The quantitative estimate of drug-likeness (QED) is 0.482. The molecular formula is C28H32N6O2S2. The minimum absolute atomic E-state index is 0.00174. The van der Waals surface area contributed by atoms with Gasteiger partial charge >= 0.3 is 0 Å². The van der Waals surface area contributed by atoms with Gasteiger partial charge in [-0.05, 0) is 30.2 Å². The zero-order chi connectivity index (χ0) is 26.9. The van der Waals surface area contributed by atoms with Gasteiger partial charge in [0.25, 0.3) is 0 Å². The molecule has 1 amide bonds. The Labute approximate surface area is 231 Å². The second-order valence-electron chi connectivity index (χ2n) is 10.9. The lowest BCUT2D eigenvalue weighted by Gasteiger charge is -2.42. The molecule has 1 aromatic carbocycles. The van der Waals surface area contributed by atoms with Crippen LogP contribution in [0.15, 0.2) is 57.3 Å². The fourth-order valence-electron chi connectivity index (χ4n) is 5.70. The number of ketones is 1. The van der Waals surface area contributed by atoms with Crippen LogP contribution in [-0.2, 0) is 9.59 Å². The van der Waals surface area contributed by atoms with Crippen LogP contribution in [0.5, 0.6) is 0 Å². The number of aromatic nitrogens is 2. The molecule has 8 nitrogen and oxygen atoms in total. The summed E-state index contributed by atoms with van der Waals surface area (Å²) in [6.07, 6.45) is 6.65. The number of hydrogen-bond donors (Lipinski definition) is 2. The SMILES string of the molecule is CC1(C)CC(=O)C2=C(C1)N(c1nnc(SCC(=O)NC3CCCCC3)s1)C(N)=C(C#N)C2c1ccccc1. The van der Waals surface area contributed by atoms with Gasteiger partial charge in [-0.2, -0.15) is 5.26 Å². The normalized spacial score (nSPS) is 21.8. The number of thioether (sulfide) groups is 1. The third-order valence-electron chi connectivity index (χ3n) is 7.40. The lowest BCUT2D eigenvalue weighted by molar-refractivity contribution is -0.119. The summed E-state index contributed by atoms with van der Waals surface area (Å²) in [5.74, 6) is 0.0386. The highest BCUT2D eigenvalue weighted by Crippen LogP contribution is 2.50. The average molecular weight is 549 g/mol. The summed E-state index contributed by atoms with van der Waals surface area (Å²) in [5.41, 5.74) is 9.00. The fourth-order valence-corrected chi connectivity index (χ4v) is 7.39. The van der Waals surface area contributed by atoms with Gasteiger partial charge < -0.3 is 11.1 Å². The molecule has 1 saturated carbocycles. The van der Waals surface area contributed by atoms with Gasteiger partial charge in [-0.1, -0.05) is 86.5 Å². The van der Waals surface area contributed by atoms with E-state index in [0.717, 1.165) is 36.9 Å². The lowest BCUT2D eigenvalue weighted by Crippen LogP contribution is -2.42. The number of nitrogens with two attached hydrogens (primary N) is 1. The van der Waals surface area contributed by atoms with E-state index >= 15 is 0 Å². The molecule has 3 N–H and O–H groups in total. The lowest BCUT2D eigenvalue weighted by atomic mass is 9.69. The Morgan fingerprint density at radius 2 is 1.95 bits per heavy atom. The highest BCUT2D eigenvalue weighted by atomic mass is 32.2. The van der Waals surface area contributed by atoms with Crippen LogP contribution in [0.2, 0.25) is 0 Å². The van der Waals surface area contributed by atoms with Crippen LogP contribution < -0.4 is 16.0 Å². The van der Waals surface area contributed by atoms with E-state index in [4.69, 9.17) is 5.73 Å². The van der Waals surface area contributed by atoms with Gasteiger partial charge in [0.1, 0.15) is 5.82 Å². The zero-order valence-electron chi connectivity index (χ0n) is 21.7. The van der Waals surface area contributed by atoms with Crippen LogP contribution >= 0.6 is 23.1 Å². The predicted molar refractivity (Wildman–Crippen MR) is 149 cm³/mol. The van der Waals surface area contributed by atoms with Crippen LogP contribution in [0.1, 0.15) is 70.3 Å². The van der Waals surface area contributed by atoms with Gasteiger partial charge in [0.2, 0.25) is 11.0 Å². The van der Waals surface area contributed by atoms with Crippen molar-refractivity contribution in [1.29, 1.82) is 5.26 Å². The molecule has 5 rings (SSSR count). The number of anilines is 1. The van der Waals surface area contributed by atoms with Crippen molar-refractivity contribution >= 4 is 39.9 Å². The number of nitriles is 1. The topological polar surface area (TPSA) is 125 Å². The van der Waals surface area contributed by atoms with E-state index in [2.05, 4.69) is 35.4 Å². The van der Waals surface area contributed by atoms with Crippen molar-refractivity contribution in [2.24, 2.45) is 11.1 Å². The Hall–Kier alpha value is -3.16. The highest BCUT2D eigenvalue weighted by molar-refractivity contribution is 8.01. The van der Waals surface area contributed by atoms with Crippen molar-refractivity contribution in [2.45, 2.75) is 75.1 Å². The van der Waals surface area contributed by atoms with Gasteiger partial charge in [-0.15, -0.1) is 10.2 Å². The Morgan fingerprint density at radius 3 is 2.66 bits per heavy atom. The summed E-state index contributed by atoms with van der Waals surface area (Å²) >= 11 is 2.65. The van der Waals surface area contributed by atoms with Crippen LogP contribution in [0.3, 0.4) is 0 Å². The van der Waals surface area contributed by atoms with Crippen molar-refractivity contribution in [3.63, 3.8) is 0 Å². The third-order valence-corrected chi connectivity index (χ3v) is 9.44. The Kier molecular flexibility index (Phi) is 7.59. The van der Waals surface area contributed by atoms with Gasteiger partial charge in [0.05, 0.1) is 23.3 Å². The minimum atomic E-state index is -0.513. The molecule has 0 radical (unpaired) electrons. The Balaban J connectivity index is 1.44. The first-order valence-corrected chi connectivity index (χ1v) is 14.8. The summed E-state index contributed by atoms with van der Waals surface area (Å²) < 4.78 is 0.638. The molecule has 198 valence electrons. The number of benzene rings is 1. The molecule has 1 unspecified atom stereocenters. The number of rotatable bonds is 6. The molecule has 1 aromatic heterocycles. The first-order valence-electron chi connectivity index (χ1n) is 13.0. The average Bonchev–Trinajstić information content (AvgIpc) is 3.35. The number of allylic oxidation sites excluding steroid dienone is 3. The van der Waals surface area contributed by atoms with Crippen LogP contribution in [0.4, 0.5) is 5.13 Å². The van der Waals surface area contributed by atoms with Crippen molar-refractivity contribution in [1.82, 2.24) is 15.5 Å². The number of carbonyl (C=O) groups excluding carboxylic acids is 2. The second kappa shape index (κ2) is 10.9. The maximum Gasteiger partial charge on any atom is 0.230 e. The molecule has 2 aromatic rings. The number of carbonyl (C=O) groups is 2. The molecule has 0 spiro atoms. The first-order chi connectivity index (χ1) is 18.3. The third kappa shape index (κ3) is 5.36. The van der Waals surface area contributed by atoms with Crippen LogP contribution in [-0.4, -0.2) is 33.7 Å².